The van der Waals surface area contributed by atoms with Crippen molar-refractivity contribution in [3.05, 3.63) is 64.4 Å². The van der Waals surface area contributed by atoms with Crippen molar-refractivity contribution in [1.82, 2.24) is 5.32 Å². The molecule has 1 atom stereocenters. The highest BCUT2D eigenvalue weighted by atomic mass is 35.5. The number of hydrogen-bond donors (Lipinski definition) is 1. The van der Waals surface area contributed by atoms with Gasteiger partial charge in [0.15, 0.2) is 0 Å². The van der Waals surface area contributed by atoms with Gasteiger partial charge in [-0.25, -0.2) is 4.39 Å². The molecule has 2 rings (SSSR count). The molecule has 106 valence electrons. The Hall–Kier alpha value is -1.58. The summed E-state index contributed by atoms with van der Waals surface area (Å²) in [6.07, 6.45) is 0. The molecule has 0 aliphatic carbocycles. The van der Waals surface area contributed by atoms with Crippen LogP contribution in [0.4, 0.5) is 4.39 Å². The predicted octanol–water partition coefficient (Wildman–Crippen LogP) is 4.34. The summed E-state index contributed by atoms with van der Waals surface area (Å²) < 4.78 is 18.5. The Kier molecular flexibility index (Phi) is 4.99. The quantitative estimate of drug-likeness (QED) is 0.885. The first-order valence-corrected chi connectivity index (χ1v) is 6.82. The summed E-state index contributed by atoms with van der Waals surface area (Å²) in [5.41, 5.74) is 2.00. The molecule has 0 saturated heterocycles. The molecule has 2 aromatic carbocycles. The SMILES string of the molecule is CNC(C)c1ccc(OCc2ccc(F)cc2)c(Cl)c1. The van der Waals surface area contributed by atoms with Crippen LogP contribution in [0.2, 0.25) is 5.02 Å². The fourth-order valence-electron chi connectivity index (χ4n) is 1.81. The number of nitrogens with one attached hydrogen (secondary N) is 1. The van der Waals surface area contributed by atoms with Crippen molar-refractivity contribution in [3.63, 3.8) is 0 Å². The van der Waals surface area contributed by atoms with E-state index in [9.17, 15) is 4.39 Å². The molecule has 1 N–H and O–H groups in total. The van der Waals surface area contributed by atoms with Crippen LogP contribution in [-0.2, 0) is 6.61 Å². The Balaban J connectivity index is 2.04. The molecule has 0 aliphatic rings. The van der Waals surface area contributed by atoms with E-state index in [0.717, 1.165) is 11.1 Å². The molecule has 2 nitrogen and oxygen atoms in total. The molecule has 0 amide bonds. The minimum absolute atomic E-state index is 0.235. The molecule has 0 radical (unpaired) electrons. The highest BCUT2D eigenvalue weighted by Crippen LogP contribution is 2.28. The smallest absolute Gasteiger partial charge is 0.138 e. The van der Waals surface area contributed by atoms with Crippen LogP contribution < -0.4 is 10.1 Å². The third-order valence-corrected chi connectivity index (χ3v) is 3.49. The van der Waals surface area contributed by atoms with Crippen LogP contribution in [0.15, 0.2) is 42.5 Å². The second-order valence-electron chi connectivity index (χ2n) is 4.62. The topological polar surface area (TPSA) is 21.3 Å². The summed E-state index contributed by atoms with van der Waals surface area (Å²) in [6, 6.07) is 12.2. The van der Waals surface area contributed by atoms with Crippen LogP contribution in [-0.4, -0.2) is 7.05 Å². The average molecular weight is 294 g/mol. The van der Waals surface area contributed by atoms with Crippen molar-refractivity contribution >= 4 is 11.6 Å². The molecule has 0 aromatic heterocycles. The van der Waals surface area contributed by atoms with E-state index >= 15 is 0 Å². The van der Waals surface area contributed by atoms with E-state index in [1.165, 1.54) is 12.1 Å². The molecule has 0 saturated carbocycles. The van der Waals surface area contributed by atoms with E-state index in [2.05, 4.69) is 12.2 Å². The molecule has 0 aliphatic heterocycles. The minimum Gasteiger partial charge on any atom is -0.487 e. The molecule has 20 heavy (non-hydrogen) atoms. The normalized spacial score (nSPS) is 12.2. The summed E-state index contributed by atoms with van der Waals surface area (Å²) in [5, 5.41) is 3.73. The molecular weight excluding hydrogens is 277 g/mol. The second-order valence-corrected chi connectivity index (χ2v) is 5.02. The summed E-state index contributed by atoms with van der Waals surface area (Å²) >= 11 is 6.21. The largest absolute Gasteiger partial charge is 0.487 e. The van der Waals surface area contributed by atoms with Gasteiger partial charge in [0.2, 0.25) is 0 Å². The van der Waals surface area contributed by atoms with Crippen molar-refractivity contribution in [3.8, 4) is 5.75 Å². The van der Waals surface area contributed by atoms with Gasteiger partial charge in [0.1, 0.15) is 18.2 Å². The first-order valence-electron chi connectivity index (χ1n) is 6.44. The van der Waals surface area contributed by atoms with Crippen LogP contribution in [0.1, 0.15) is 24.1 Å². The average Bonchev–Trinajstić information content (AvgIpc) is 2.46. The number of ether oxygens (including phenoxy) is 1. The Morgan fingerprint density at radius 1 is 1.20 bits per heavy atom. The van der Waals surface area contributed by atoms with E-state index in [1.807, 2.05) is 25.2 Å². The maximum absolute atomic E-state index is 12.8. The van der Waals surface area contributed by atoms with E-state index in [1.54, 1.807) is 12.1 Å². The summed E-state index contributed by atoms with van der Waals surface area (Å²) in [5.74, 6) is 0.375. The number of hydrogen-bond acceptors (Lipinski definition) is 2. The van der Waals surface area contributed by atoms with Gasteiger partial charge in [-0.05, 0) is 49.4 Å². The monoisotopic (exact) mass is 293 g/mol. The third kappa shape index (κ3) is 3.71. The zero-order valence-corrected chi connectivity index (χ0v) is 12.2. The molecule has 2 aromatic rings. The number of benzene rings is 2. The van der Waals surface area contributed by atoms with Gasteiger partial charge >= 0.3 is 0 Å². The first-order chi connectivity index (χ1) is 9.60. The number of halogens is 2. The molecule has 1 unspecified atom stereocenters. The highest BCUT2D eigenvalue weighted by molar-refractivity contribution is 6.32. The fourth-order valence-corrected chi connectivity index (χ4v) is 2.06. The van der Waals surface area contributed by atoms with Gasteiger partial charge in [-0.1, -0.05) is 29.8 Å². The van der Waals surface area contributed by atoms with E-state index in [4.69, 9.17) is 16.3 Å². The van der Waals surface area contributed by atoms with Crippen LogP contribution in [0, 0.1) is 5.82 Å². The van der Waals surface area contributed by atoms with Crippen molar-refractivity contribution < 1.29 is 9.13 Å². The van der Waals surface area contributed by atoms with E-state index in [0.29, 0.717) is 17.4 Å². The lowest BCUT2D eigenvalue weighted by Crippen LogP contribution is -2.12. The van der Waals surface area contributed by atoms with Crippen LogP contribution in [0.3, 0.4) is 0 Å². The fraction of sp³-hybridized carbons (Fsp3) is 0.250. The zero-order chi connectivity index (χ0) is 14.5. The Bertz CT molecular complexity index is 571. The Labute approximate surface area is 123 Å². The van der Waals surface area contributed by atoms with Gasteiger partial charge in [-0.3, -0.25) is 0 Å². The van der Waals surface area contributed by atoms with Crippen molar-refractivity contribution in [2.75, 3.05) is 7.05 Å². The summed E-state index contributed by atoms with van der Waals surface area (Å²) in [6.45, 7) is 2.42. The lowest BCUT2D eigenvalue weighted by Gasteiger charge is -2.13. The lowest BCUT2D eigenvalue weighted by atomic mass is 10.1. The highest BCUT2D eigenvalue weighted by Gasteiger charge is 2.07. The van der Waals surface area contributed by atoms with Crippen LogP contribution >= 0.6 is 11.6 Å². The maximum Gasteiger partial charge on any atom is 0.138 e. The lowest BCUT2D eigenvalue weighted by molar-refractivity contribution is 0.306. The molecule has 0 bridgehead atoms. The van der Waals surface area contributed by atoms with E-state index in [-0.39, 0.29) is 11.9 Å². The molecular formula is C16H17ClFNO. The Morgan fingerprint density at radius 3 is 2.50 bits per heavy atom. The first kappa shape index (κ1) is 14.8. The van der Waals surface area contributed by atoms with Gasteiger partial charge in [0.25, 0.3) is 0 Å². The number of rotatable bonds is 5. The van der Waals surface area contributed by atoms with Crippen molar-refractivity contribution in [2.45, 2.75) is 19.6 Å². The van der Waals surface area contributed by atoms with Crippen molar-refractivity contribution in [1.29, 1.82) is 0 Å². The summed E-state index contributed by atoms with van der Waals surface area (Å²) in [4.78, 5) is 0. The molecule has 0 spiro atoms. The molecule has 0 fully saturated rings. The molecule has 0 heterocycles. The standard InChI is InChI=1S/C16H17ClFNO/c1-11(19-2)13-5-8-16(15(17)9-13)20-10-12-3-6-14(18)7-4-12/h3-9,11,19H,10H2,1-2H3. The maximum atomic E-state index is 12.8. The van der Waals surface area contributed by atoms with Gasteiger partial charge in [0.05, 0.1) is 5.02 Å². The Morgan fingerprint density at radius 2 is 1.90 bits per heavy atom. The van der Waals surface area contributed by atoms with Crippen LogP contribution in [0.25, 0.3) is 0 Å². The zero-order valence-electron chi connectivity index (χ0n) is 11.5. The van der Waals surface area contributed by atoms with Gasteiger partial charge in [-0.15, -0.1) is 0 Å². The van der Waals surface area contributed by atoms with Gasteiger partial charge < -0.3 is 10.1 Å². The third-order valence-electron chi connectivity index (χ3n) is 3.20. The van der Waals surface area contributed by atoms with Gasteiger partial charge in [0, 0.05) is 6.04 Å². The van der Waals surface area contributed by atoms with Gasteiger partial charge in [-0.2, -0.15) is 0 Å². The van der Waals surface area contributed by atoms with E-state index < -0.39 is 0 Å². The summed E-state index contributed by atoms with van der Waals surface area (Å²) in [7, 11) is 1.90. The second kappa shape index (κ2) is 6.73. The van der Waals surface area contributed by atoms with Crippen LogP contribution in [0.5, 0.6) is 5.75 Å². The predicted molar refractivity (Wildman–Crippen MR) is 79.7 cm³/mol. The van der Waals surface area contributed by atoms with Crippen molar-refractivity contribution in [2.24, 2.45) is 0 Å². The molecule has 4 heteroatoms. The minimum atomic E-state index is -0.253.